The smallest absolute Gasteiger partial charge is 0.317 e. The molecule has 158 valence electrons. The molecule has 1 heterocycles. The van der Waals surface area contributed by atoms with Crippen molar-refractivity contribution in [3.63, 3.8) is 0 Å². The van der Waals surface area contributed by atoms with Gasteiger partial charge < -0.3 is 15.0 Å². The molecule has 0 bridgehead atoms. The third-order valence-corrected chi connectivity index (χ3v) is 6.08. The molecule has 2 N–H and O–H groups in total. The Labute approximate surface area is 168 Å². The van der Waals surface area contributed by atoms with Gasteiger partial charge in [0.15, 0.2) is 0 Å². The zero-order chi connectivity index (χ0) is 20.9. The number of piperidine rings is 1. The highest BCUT2D eigenvalue weighted by Gasteiger charge is 2.27. The number of hydrogen-bond acceptors (Lipinski definition) is 4. The Morgan fingerprint density at radius 1 is 1.25 bits per heavy atom. The maximum absolute atomic E-state index is 12.8. The van der Waals surface area contributed by atoms with Crippen molar-refractivity contribution in [2.45, 2.75) is 57.9 Å². The van der Waals surface area contributed by atoms with E-state index in [2.05, 4.69) is 10.0 Å². The first-order valence-electron chi connectivity index (χ1n) is 9.82. The minimum absolute atomic E-state index is 0.0624. The minimum atomic E-state index is -3.66. The molecule has 0 unspecified atom stereocenters. The van der Waals surface area contributed by atoms with Crippen LogP contribution in [0.4, 0.5) is 4.79 Å². The third-order valence-electron chi connectivity index (χ3n) is 4.63. The fourth-order valence-corrected chi connectivity index (χ4v) is 4.49. The van der Waals surface area contributed by atoms with Crippen molar-refractivity contribution in [1.29, 1.82) is 0 Å². The average Bonchev–Trinajstić information content (AvgIpc) is 2.60. The van der Waals surface area contributed by atoms with Crippen molar-refractivity contribution in [1.82, 2.24) is 14.9 Å². The van der Waals surface area contributed by atoms with Gasteiger partial charge >= 0.3 is 6.03 Å². The minimum Gasteiger partial charge on any atom is -0.492 e. The summed E-state index contributed by atoms with van der Waals surface area (Å²) in [5.74, 6) is 0.572. The normalized spacial score (nSPS) is 16.1. The quantitative estimate of drug-likeness (QED) is 0.753. The fourth-order valence-electron chi connectivity index (χ4n) is 3.15. The Balaban J connectivity index is 1.93. The van der Waals surface area contributed by atoms with E-state index in [1.165, 1.54) is 0 Å². The number of urea groups is 1. The molecule has 1 aromatic rings. The fraction of sp³-hybridized carbons (Fsp3) is 0.650. The zero-order valence-electron chi connectivity index (χ0n) is 17.5. The van der Waals surface area contributed by atoms with Crippen LogP contribution in [0.2, 0.25) is 0 Å². The molecular weight excluding hydrogens is 378 g/mol. The van der Waals surface area contributed by atoms with E-state index in [1.54, 1.807) is 17.0 Å². The van der Waals surface area contributed by atoms with Crippen LogP contribution in [0.15, 0.2) is 23.1 Å². The topological polar surface area (TPSA) is 87.7 Å². The van der Waals surface area contributed by atoms with Gasteiger partial charge in [0.05, 0.1) is 6.61 Å². The molecule has 8 heteroatoms. The Morgan fingerprint density at radius 3 is 2.46 bits per heavy atom. The van der Waals surface area contributed by atoms with Gasteiger partial charge in [-0.3, -0.25) is 0 Å². The van der Waals surface area contributed by atoms with Gasteiger partial charge in [-0.2, -0.15) is 0 Å². The number of carbonyl (C=O) groups excluding carboxylic acids is 1. The molecule has 28 heavy (non-hydrogen) atoms. The first-order valence-corrected chi connectivity index (χ1v) is 11.3. The summed E-state index contributed by atoms with van der Waals surface area (Å²) in [6.45, 7) is 11.6. The van der Waals surface area contributed by atoms with Gasteiger partial charge in [-0.1, -0.05) is 6.07 Å². The summed E-state index contributed by atoms with van der Waals surface area (Å²) in [4.78, 5) is 14.2. The summed E-state index contributed by atoms with van der Waals surface area (Å²) < 4.78 is 33.8. The van der Waals surface area contributed by atoms with Crippen LogP contribution in [0.5, 0.6) is 5.75 Å². The largest absolute Gasteiger partial charge is 0.492 e. The highest BCUT2D eigenvalue weighted by molar-refractivity contribution is 7.89. The lowest BCUT2D eigenvalue weighted by molar-refractivity contribution is 0.163. The van der Waals surface area contributed by atoms with E-state index in [9.17, 15) is 13.2 Å². The number of carbonyl (C=O) groups is 1. The van der Waals surface area contributed by atoms with Gasteiger partial charge in [-0.05, 0) is 71.1 Å². The summed E-state index contributed by atoms with van der Waals surface area (Å²) >= 11 is 0. The number of amides is 2. The van der Waals surface area contributed by atoms with Crippen molar-refractivity contribution in [2.24, 2.45) is 5.92 Å². The lowest BCUT2D eigenvalue weighted by Gasteiger charge is -2.34. The Kier molecular flexibility index (Phi) is 7.33. The molecule has 1 aliphatic heterocycles. The summed E-state index contributed by atoms with van der Waals surface area (Å²) in [6, 6.07) is 5.10. The zero-order valence-corrected chi connectivity index (χ0v) is 18.4. The molecule has 0 saturated carbocycles. The van der Waals surface area contributed by atoms with E-state index in [-0.39, 0.29) is 22.4 Å². The van der Waals surface area contributed by atoms with Crippen LogP contribution in [0, 0.1) is 12.8 Å². The molecular formula is C20H33N3O4S. The average molecular weight is 412 g/mol. The molecule has 1 aliphatic rings. The second-order valence-corrected chi connectivity index (χ2v) is 10.1. The standard InChI is InChI=1S/C20H33N3O4S/c1-6-27-17-8-7-15(2)13-18(17)28(25,26)21-14-16-9-11-23(12-10-16)19(24)22-20(3,4)5/h7-8,13,16,21H,6,9-12,14H2,1-5H3,(H,22,24). The molecule has 0 aromatic heterocycles. The highest BCUT2D eigenvalue weighted by Crippen LogP contribution is 2.26. The van der Waals surface area contributed by atoms with E-state index in [1.807, 2.05) is 40.7 Å². The summed E-state index contributed by atoms with van der Waals surface area (Å²) in [7, 11) is -3.66. The van der Waals surface area contributed by atoms with Crippen molar-refractivity contribution in [3.8, 4) is 5.75 Å². The van der Waals surface area contributed by atoms with E-state index in [0.717, 1.165) is 18.4 Å². The number of nitrogens with zero attached hydrogens (tertiary/aromatic N) is 1. The lowest BCUT2D eigenvalue weighted by atomic mass is 9.97. The van der Waals surface area contributed by atoms with Gasteiger partial charge in [0.1, 0.15) is 10.6 Å². The number of ether oxygens (including phenoxy) is 1. The van der Waals surface area contributed by atoms with E-state index in [0.29, 0.717) is 32.0 Å². The molecule has 1 aromatic carbocycles. The van der Waals surface area contributed by atoms with Crippen molar-refractivity contribution in [3.05, 3.63) is 23.8 Å². The number of rotatable bonds is 6. The monoisotopic (exact) mass is 411 g/mol. The molecule has 2 amide bonds. The molecule has 0 aliphatic carbocycles. The van der Waals surface area contributed by atoms with Crippen molar-refractivity contribution >= 4 is 16.1 Å². The van der Waals surface area contributed by atoms with Gasteiger partial charge in [-0.15, -0.1) is 0 Å². The van der Waals surface area contributed by atoms with Crippen LogP contribution < -0.4 is 14.8 Å². The Bertz CT molecular complexity index is 779. The molecule has 2 rings (SSSR count). The van der Waals surface area contributed by atoms with Crippen LogP contribution in [-0.2, 0) is 10.0 Å². The predicted octanol–water partition coefficient (Wildman–Crippen LogP) is 2.89. The second kappa shape index (κ2) is 9.13. The molecule has 1 saturated heterocycles. The van der Waals surface area contributed by atoms with Crippen LogP contribution >= 0.6 is 0 Å². The maximum atomic E-state index is 12.8. The van der Waals surface area contributed by atoms with Crippen LogP contribution in [-0.4, -0.2) is 51.1 Å². The van der Waals surface area contributed by atoms with Crippen LogP contribution in [0.25, 0.3) is 0 Å². The number of hydrogen-bond donors (Lipinski definition) is 2. The Morgan fingerprint density at radius 2 is 1.89 bits per heavy atom. The van der Waals surface area contributed by atoms with E-state index >= 15 is 0 Å². The number of benzene rings is 1. The Hall–Kier alpha value is -1.80. The second-order valence-electron chi connectivity index (χ2n) is 8.35. The first-order chi connectivity index (χ1) is 13.0. The molecule has 1 fully saturated rings. The van der Waals surface area contributed by atoms with E-state index < -0.39 is 10.0 Å². The highest BCUT2D eigenvalue weighted by atomic mass is 32.2. The molecule has 0 atom stereocenters. The molecule has 0 radical (unpaired) electrons. The number of nitrogens with one attached hydrogen (secondary N) is 2. The van der Waals surface area contributed by atoms with Gasteiger partial charge in [0, 0.05) is 25.2 Å². The van der Waals surface area contributed by atoms with Crippen LogP contribution in [0.3, 0.4) is 0 Å². The molecule has 7 nitrogen and oxygen atoms in total. The first kappa shape index (κ1) is 22.5. The number of likely N-dealkylation sites (tertiary alicyclic amines) is 1. The summed E-state index contributed by atoms with van der Waals surface area (Å²) in [5, 5.41) is 2.97. The van der Waals surface area contributed by atoms with Crippen molar-refractivity contribution in [2.75, 3.05) is 26.2 Å². The summed E-state index contributed by atoms with van der Waals surface area (Å²) in [5.41, 5.74) is 0.595. The van der Waals surface area contributed by atoms with Crippen molar-refractivity contribution < 1.29 is 17.9 Å². The summed E-state index contributed by atoms with van der Waals surface area (Å²) in [6.07, 6.45) is 1.54. The molecule has 0 spiro atoms. The lowest BCUT2D eigenvalue weighted by Crippen LogP contribution is -2.51. The van der Waals surface area contributed by atoms with Gasteiger partial charge in [-0.25, -0.2) is 17.9 Å². The predicted molar refractivity (Wildman–Crippen MR) is 110 cm³/mol. The number of sulfonamides is 1. The number of aryl methyl sites for hydroxylation is 1. The van der Waals surface area contributed by atoms with E-state index in [4.69, 9.17) is 4.74 Å². The maximum Gasteiger partial charge on any atom is 0.317 e. The van der Waals surface area contributed by atoms with Crippen LogP contribution in [0.1, 0.15) is 46.1 Å². The SMILES string of the molecule is CCOc1ccc(C)cc1S(=O)(=O)NCC1CCN(C(=O)NC(C)(C)C)CC1. The van der Waals surface area contributed by atoms with Gasteiger partial charge in [0.2, 0.25) is 10.0 Å². The van der Waals surface area contributed by atoms with Gasteiger partial charge in [0.25, 0.3) is 0 Å². The third kappa shape index (κ3) is 6.38.